The van der Waals surface area contributed by atoms with Gasteiger partial charge in [0, 0.05) is 12.1 Å². The first kappa shape index (κ1) is 18.4. The summed E-state index contributed by atoms with van der Waals surface area (Å²) >= 11 is 1.39. The molecule has 1 aromatic carbocycles. The molecule has 0 aliphatic carbocycles. The number of ether oxygens (including phenoxy) is 1. The summed E-state index contributed by atoms with van der Waals surface area (Å²) in [5.41, 5.74) is 0.982. The summed E-state index contributed by atoms with van der Waals surface area (Å²) in [6.45, 7) is 1.55. The van der Waals surface area contributed by atoms with E-state index < -0.39 is 0 Å². The Hall–Kier alpha value is -1.63. The second kappa shape index (κ2) is 9.40. The molecule has 0 saturated carbocycles. The van der Waals surface area contributed by atoms with Gasteiger partial charge >= 0.3 is 0 Å². The van der Waals surface area contributed by atoms with Crippen LogP contribution in [0.25, 0.3) is 10.6 Å². The quantitative estimate of drug-likeness (QED) is 0.760. The Kier molecular flexibility index (Phi) is 7.87. The molecule has 2 N–H and O–H groups in total. The number of benzene rings is 1. The lowest BCUT2D eigenvalue weighted by Crippen LogP contribution is -2.25. The van der Waals surface area contributed by atoms with Crippen molar-refractivity contribution in [3.05, 3.63) is 35.3 Å². The van der Waals surface area contributed by atoms with E-state index in [9.17, 15) is 4.79 Å². The topological polar surface area (TPSA) is 63.2 Å². The molecule has 0 unspecified atom stereocenters. The molecular weight excluding hydrogens is 322 g/mol. The molecule has 2 rings (SSSR count). The van der Waals surface area contributed by atoms with Crippen LogP contribution in [0.2, 0.25) is 0 Å². The Bertz CT molecular complexity index is 587. The Morgan fingerprint density at radius 2 is 2.00 bits per heavy atom. The third-order valence-electron chi connectivity index (χ3n) is 2.96. The van der Waals surface area contributed by atoms with Crippen molar-refractivity contribution < 1.29 is 9.53 Å². The van der Waals surface area contributed by atoms with E-state index in [0.717, 1.165) is 29.3 Å². The summed E-state index contributed by atoms with van der Waals surface area (Å²) in [5.74, 6) is 0.737. The van der Waals surface area contributed by atoms with Crippen molar-refractivity contribution in [2.24, 2.45) is 0 Å². The number of aromatic nitrogens is 1. The second-order valence-corrected chi connectivity index (χ2v) is 5.50. The van der Waals surface area contributed by atoms with Gasteiger partial charge in [0.05, 0.1) is 13.3 Å². The summed E-state index contributed by atoms with van der Waals surface area (Å²) in [7, 11) is 3.53. The van der Waals surface area contributed by atoms with Crippen LogP contribution in [0.4, 0.5) is 0 Å². The van der Waals surface area contributed by atoms with Gasteiger partial charge in [0.15, 0.2) is 0 Å². The molecule has 0 aliphatic rings. The standard InChI is InChI=1S/C15H19N3O2S.ClH/c1-16-8-3-9-17-14(19)13-10-18-15(21-13)11-4-6-12(20-2)7-5-11;/h4-7,10,16H,3,8-9H2,1-2H3,(H,17,19);1H. The van der Waals surface area contributed by atoms with E-state index in [1.165, 1.54) is 11.3 Å². The predicted molar refractivity (Wildman–Crippen MR) is 92.2 cm³/mol. The zero-order chi connectivity index (χ0) is 15.1. The molecule has 1 aromatic heterocycles. The Balaban J connectivity index is 0.00000242. The van der Waals surface area contributed by atoms with E-state index in [-0.39, 0.29) is 18.3 Å². The molecule has 1 heterocycles. The van der Waals surface area contributed by atoms with Gasteiger partial charge in [0.25, 0.3) is 5.91 Å². The van der Waals surface area contributed by atoms with E-state index in [2.05, 4.69) is 15.6 Å². The van der Waals surface area contributed by atoms with Crippen molar-refractivity contribution in [2.45, 2.75) is 6.42 Å². The maximum Gasteiger partial charge on any atom is 0.263 e. The summed E-state index contributed by atoms with van der Waals surface area (Å²) in [6, 6.07) is 7.64. The highest BCUT2D eigenvalue weighted by atomic mass is 35.5. The Labute approximate surface area is 140 Å². The maximum atomic E-state index is 12.0. The zero-order valence-corrected chi connectivity index (χ0v) is 14.2. The van der Waals surface area contributed by atoms with Gasteiger partial charge in [-0.1, -0.05) is 0 Å². The average molecular weight is 342 g/mol. The molecule has 120 valence electrons. The highest BCUT2D eigenvalue weighted by molar-refractivity contribution is 7.16. The number of methoxy groups -OCH3 is 1. The first-order chi connectivity index (χ1) is 10.2. The van der Waals surface area contributed by atoms with Crippen molar-refractivity contribution in [1.29, 1.82) is 0 Å². The van der Waals surface area contributed by atoms with Crippen molar-refractivity contribution in [1.82, 2.24) is 15.6 Å². The molecule has 0 spiro atoms. The molecule has 5 nitrogen and oxygen atoms in total. The lowest BCUT2D eigenvalue weighted by molar-refractivity contribution is 0.0957. The normalized spacial score (nSPS) is 9.91. The van der Waals surface area contributed by atoms with Crippen LogP contribution in [0.5, 0.6) is 5.75 Å². The number of amides is 1. The summed E-state index contributed by atoms with van der Waals surface area (Å²) in [4.78, 5) is 16.9. The minimum atomic E-state index is -0.0663. The van der Waals surface area contributed by atoms with Crippen LogP contribution in [-0.4, -0.2) is 38.1 Å². The third-order valence-corrected chi connectivity index (χ3v) is 4.00. The molecule has 7 heteroatoms. The number of halogens is 1. The highest BCUT2D eigenvalue weighted by Crippen LogP contribution is 2.26. The Morgan fingerprint density at radius 1 is 1.27 bits per heavy atom. The summed E-state index contributed by atoms with van der Waals surface area (Å²) in [6.07, 6.45) is 2.53. The van der Waals surface area contributed by atoms with Gasteiger partial charge in [-0.25, -0.2) is 4.98 Å². The van der Waals surface area contributed by atoms with Gasteiger partial charge in [-0.15, -0.1) is 23.7 Å². The van der Waals surface area contributed by atoms with Crippen LogP contribution in [-0.2, 0) is 0 Å². The van der Waals surface area contributed by atoms with Crippen molar-refractivity contribution in [3.63, 3.8) is 0 Å². The molecule has 0 saturated heterocycles. The van der Waals surface area contributed by atoms with Gasteiger partial charge in [0.1, 0.15) is 15.6 Å². The number of carbonyl (C=O) groups excluding carboxylic acids is 1. The number of nitrogens with one attached hydrogen (secondary N) is 2. The Morgan fingerprint density at radius 3 is 2.64 bits per heavy atom. The molecular formula is C15H20ClN3O2S. The van der Waals surface area contributed by atoms with Crippen LogP contribution in [0, 0.1) is 0 Å². The van der Waals surface area contributed by atoms with E-state index in [0.29, 0.717) is 11.4 Å². The van der Waals surface area contributed by atoms with E-state index in [4.69, 9.17) is 4.74 Å². The van der Waals surface area contributed by atoms with Gasteiger partial charge in [-0.2, -0.15) is 0 Å². The minimum Gasteiger partial charge on any atom is -0.497 e. The number of hydrogen-bond donors (Lipinski definition) is 2. The van der Waals surface area contributed by atoms with Crippen LogP contribution in [0.15, 0.2) is 30.5 Å². The van der Waals surface area contributed by atoms with Crippen LogP contribution in [0.1, 0.15) is 16.1 Å². The summed E-state index contributed by atoms with van der Waals surface area (Å²) in [5, 5.41) is 6.76. The fraction of sp³-hybridized carbons (Fsp3) is 0.333. The van der Waals surface area contributed by atoms with Crippen LogP contribution in [0.3, 0.4) is 0 Å². The first-order valence-electron chi connectivity index (χ1n) is 6.77. The van der Waals surface area contributed by atoms with Crippen LogP contribution >= 0.6 is 23.7 Å². The number of carbonyl (C=O) groups is 1. The fourth-order valence-electron chi connectivity index (χ4n) is 1.80. The largest absolute Gasteiger partial charge is 0.497 e. The smallest absolute Gasteiger partial charge is 0.263 e. The molecule has 0 bridgehead atoms. The van der Waals surface area contributed by atoms with E-state index >= 15 is 0 Å². The first-order valence-corrected chi connectivity index (χ1v) is 7.59. The number of rotatable bonds is 7. The fourth-order valence-corrected chi connectivity index (χ4v) is 2.64. The van der Waals surface area contributed by atoms with Gasteiger partial charge in [-0.3, -0.25) is 4.79 Å². The molecule has 0 fully saturated rings. The number of nitrogens with zero attached hydrogens (tertiary/aromatic N) is 1. The zero-order valence-electron chi connectivity index (χ0n) is 12.6. The van der Waals surface area contributed by atoms with Gasteiger partial charge < -0.3 is 15.4 Å². The van der Waals surface area contributed by atoms with E-state index in [1.54, 1.807) is 13.3 Å². The minimum absolute atomic E-state index is 0. The van der Waals surface area contributed by atoms with Crippen molar-refractivity contribution in [2.75, 3.05) is 27.2 Å². The van der Waals surface area contributed by atoms with Crippen molar-refractivity contribution >= 4 is 29.7 Å². The molecule has 2 aromatic rings. The summed E-state index contributed by atoms with van der Waals surface area (Å²) < 4.78 is 5.13. The van der Waals surface area contributed by atoms with Gasteiger partial charge in [-0.05, 0) is 44.3 Å². The van der Waals surface area contributed by atoms with E-state index in [1.807, 2.05) is 31.3 Å². The monoisotopic (exact) mass is 341 g/mol. The average Bonchev–Trinajstić information content (AvgIpc) is 3.01. The lowest BCUT2D eigenvalue weighted by Gasteiger charge is -2.02. The number of thiazole rings is 1. The molecule has 0 aliphatic heterocycles. The highest BCUT2D eigenvalue weighted by Gasteiger charge is 2.11. The predicted octanol–water partition coefficient (Wildman–Crippen LogP) is 2.58. The SMILES string of the molecule is CNCCCNC(=O)c1cnc(-c2ccc(OC)cc2)s1.Cl. The van der Waals surface area contributed by atoms with Gasteiger partial charge in [0.2, 0.25) is 0 Å². The molecule has 0 atom stereocenters. The number of hydrogen-bond acceptors (Lipinski definition) is 5. The third kappa shape index (κ3) is 4.98. The lowest BCUT2D eigenvalue weighted by atomic mass is 10.2. The molecule has 22 heavy (non-hydrogen) atoms. The molecule has 1 amide bonds. The van der Waals surface area contributed by atoms with Crippen molar-refractivity contribution in [3.8, 4) is 16.3 Å². The maximum absolute atomic E-state index is 12.0. The van der Waals surface area contributed by atoms with Crippen LogP contribution < -0.4 is 15.4 Å². The molecule has 0 radical (unpaired) electrons. The second-order valence-electron chi connectivity index (χ2n) is 4.47.